The molecule has 2 N–H and O–H groups in total. The first kappa shape index (κ1) is 14.6. The van der Waals surface area contributed by atoms with E-state index in [4.69, 9.17) is 9.84 Å². The van der Waals surface area contributed by atoms with Crippen LogP contribution in [-0.4, -0.2) is 37.5 Å². The fraction of sp³-hybridized carbons (Fsp3) is 0.833. The molecule has 0 aromatic rings. The zero-order chi connectivity index (χ0) is 11.5. The zero-order valence-corrected chi connectivity index (χ0v) is 9.87. The number of piperidine rings is 1. The second kappa shape index (κ2) is 10.1. The summed E-state index contributed by atoms with van der Waals surface area (Å²) >= 11 is 0. The van der Waals surface area contributed by atoms with Crippen LogP contribution in [0.4, 0.5) is 0 Å². The van der Waals surface area contributed by atoms with Crippen molar-refractivity contribution in [2.24, 2.45) is 0 Å². The average Bonchev–Trinajstić information content (AvgIpc) is 2.31. The van der Waals surface area contributed by atoms with Crippen molar-refractivity contribution in [1.29, 1.82) is 0 Å². The van der Waals surface area contributed by atoms with E-state index < -0.39 is 0 Å². The third-order valence-electron chi connectivity index (χ3n) is 2.66. The Hall–Kier alpha value is -0.380. The van der Waals surface area contributed by atoms with E-state index in [-0.39, 0.29) is 6.10 Å². The Bertz CT molecular complexity index is 132. The molecule has 0 spiro atoms. The highest BCUT2D eigenvalue weighted by Gasteiger charge is 2.11. The normalized spacial score (nSPS) is 25.1. The molecule has 0 amide bonds. The van der Waals surface area contributed by atoms with E-state index in [0.717, 1.165) is 19.4 Å². The molecule has 2 aliphatic rings. The van der Waals surface area contributed by atoms with Gasteiger partial charge in [-0.25, -0.2) is 0 Å². The molecule has 3 heteroatoms. The molecular formula is C12H25NO2. The lowest BCUT2D eigenvalue weighted by atomic mass is 9.97. The predicted octanol–water partition coefficient (Wildman–Crippen LogP) is 1.72. The lowest BCUT2D eigenvalue weighted by Gasteiger charge is -2.20. The van der Waals surface area contributed by atoms with Gasteiger partial charge in [-0.2, -0.15) is 0 Å². The fourth-order valence-corrected chi connectivity index (χ4v) is 1.41. The summed E-state index contributed by atoms with van der Waals surface area (Å²) in [5.74, 6) is 0. The van der Waals surface area contributed by atoms with Crippen LogP contribution in [0.1, 0.15) is 32.1 Å². The molecular weight excluding hydrogens is 190 g/mol. The predicted molar refractivity (Wildman–Crippen MR) is 64.0 cm³/mol. The Balaban J connectivity index is 0.000000241. The molecule has 0 aromatic heterocycles. The third kappa shape index (κ3) is 7.54. The first-order valence-electron chi connectivity index (χ1n) is 5.74. The van der Waals surface area contributed by atoms with Crippen LogP contribution >= 0.6 is 0 Å². The van der Waals surface area contributed by atoms with Gasteiger partial charge in [0.25, 0.3) is 0 Å². The molecule has 3 nitrogen and oxygen atoms in total. The number of rotatable bonds is 1. The lowest BCUT2D eigenvalue weighted by Crippen LogP contribution is -2.34. The number of hydrogen-bond acceptors (Lipinski definition) is 3. The van der Waals surface area contributed by atoms with Gasteiger partial charge in [-0.15, -0.1) is 13.2 Å². The summed E-state index contributed by atoms with van der Waals surface area (Å²) in [5, 5.41) is 11.7. The summed E-state index contributed by atoms with van der Waals surface area (Å²) in [6.45, 7) is 8.20. The van der Waals surface area contributed by atoms with E-state index in [0.29, 0.717) is 6.10 Å². The van der Waals surface area contributed by atoms with Gasteiger partial charge < -0.3 is 15.2 Å². The minimum atomic E-state index is 0.0648. The Labute approximate surface area is 93.5 Å². The quantitative estimate of drug-likeness (QED) is 0.654. The van der Waals surface area contributed by atoms with Crippen molar-refractivity contribution in [2.45, 2.75) is 44.3 Å². The third-order valence-corrected chi connectivity index (χ3v) is 2.66. The van der Waals surface area contributed by atoms with Crippen LogP contribution in [-0.2, 0) is 4.74 Å². The SMILES string of the molecule is C=C.CO[C@H]1CCCNC1.OC1CCC1. The van der Waals surface area contributed by atoms with Crippen LogP contribution in [0.15, 0.2) is 13.2 Å². The van der Waals surface area contributed by atoms with Gasteiger partial charge in [0.1, 0.15) is 0 Å². The molecule has 1 aliphatic heterocycles. The van der Waals surface area contributed by atoms with Crippen LogP contribution in [0.3, 0.4) is 0 Å². The lowest BCUT2D eigenvalue weighted by molar-refractivity contribution is 0.0810. The van der Waals surface area contributed by atoms with Crippen LogP contribution < -0.4 is 5.32 Å². The van der Waals surface area contributed by atoms with Crippen LogP contribution in [0.25, 0.3) is 0 Å². The highest BCUT2D eigenvalue weighted by atomic mass is 16.5. The van der Waals surface area contributed by atoms with Crippen molar-refractivity contribution < 1.29 is 9.84 Å². The average molecular weight is 215 g/mol. The van der Waals surface area contributed by atoms with Crippen molar-refractivity contribution in [3.8, 4) is 0 Å². The van der Waals surface area contributed by atoms with Gasteiger partial charge in [0.05, 0.1) is 12.2 Å². The second-order valence-corrected chi connectivity index (χ2v) is 3.79. The largest absolute Gasteiger partial charge is 0.393 e. The first-order valence-corrected chi connectivity index (χ1v) is 5.74. The number of nitrogens with one attached hydrogen (secondary N) is 1. The molecule has 15 heavy (non-hydrogen) atoms. The highest BCUT2D eigenvalue weighted by molar-refractivity contribution is 4.67. The van der Waals surface area contributed by atoms with E-state index >= 15 is 0 Å². The van der Waals surface area contributed by atoms with Gasteiger partial charge in [-0.3, -0.25) is 0 Å². The Kier molecular flexibility index (Phi) is 9.89. The first-order chi connectivity index (χ1) is 7.33. The monoisotopic (exact) mass is 215 g/mol. The maximum Gasteiger partial charge on any atom is 0.0696 e. The molecule has 1 aliphatic carbocycles. The van der Waals surface area contributed by atoms with Gasteiger partial charge >= 0.3 is 0 Å². The second-order valence-electron chi connectivity index (χ2n) is 3.79. The van der Waals surface area contributed by atoms with Crippen molar-refractivity contribution in [3.05, 3.63) is 13.2 Å². The Morgan fingerprint density at radius 1 is 1.20 bits per heavy atom. The molecule has 1 heterocycles. The minimum absolute atomic E-state index is 0.0648. The van der Waals surface area contributed by atoms with Crippen molar-refractivity contribution in [1.82, 2.24) is 5.32 Å². The molecule has 2 fully saturated rings. The summed E-state index contributed by atoms with van der Waals surface area (Å²) < 4.78 is 5.13. The molecule has 0 bridgehead atoms. The number of hydrogen-bond donors (Lipinski definition) is 2. The molecule has 2 rings (SSSR count). The van der Waals surface area contributed by atoms with Gasteiger partial charge in [0, 0.05) is 13.7 Å². The molecule has 0 unspecified atom stereocenters. The molecule has 90 valence electrons. The summed E-state index contributed by atoms with van der Waals surface area (Å²) in [7, 11) is 1.78. The van der Waals surface area contributed by atoms with Gasteiger partial charge in [0.2, 0.25) is 0 Å². The summed E-state index contributed by atoms with van der Waals surface area (Å²) in [6, 6.07) is 0. The number of aliphatic hydroxyl groups excluding tert-OH is 1. The zero-order valence-electron chi connectivity index (χ0n) is 9.87. The number of ether oxygens (including phenoxy) is 1. The summed E-state index contributed by atoms with van der Waals surface area (Å²) in [4.78, 5) is 0. The fourth-order valence-electron chi connectivity index (χ4n) is 1.41. The molecule has 1 atom stereocenters. The van der Waals surface area contributed by atoms with E-state index in [1.165, 1.54) is 25.8 Å². The van der Waals surface area contributed by atoms with E-state index in [2.05, 4.69) is 18.5 Å². The molecule has 1 saturated heterocycles. The van der Waals surface area contributed by atoms with E-state index in [1.54, 1.807) is 7.11 Å². The van der Waals surface area contributed by atoms with Gasteiger partial charge in [0.15, 0.2) is 0 Å². The standard InChI is InChI=1S/C6H13NO.C4H8O.C2H4/c1-8-6-3-2-4-7-5-6;5-4-2-1-3-4;1-2/h6-7H,2-5H2,1H3;4-5H,1-3H2;1-2H2/t6-;;/m0../s1. The maximum atomic E-state index is 8.45. The van der Waals surface area contributed by atoms with Gasteiger partial charge in [-0.05, 0) is 38.6 Å². The molecule has 1 saturated carbocycles. The van der Waals surface area contributed by atoms with E-state index in [1.807, 2.05) is 0 Å². The van der Waals surface area contributed by atoms with Crippen LogP contribution in [0.2, 0.25) is 0 Å². The maximum absolute atomic E-state index is 8.45. The van der Waals surface area contributed by atoms with E-state index in [9.17, 15) is 0 Å². The van der Waals surface area contributed by atoms with Crippen LogP contribution in [0, 0.1) is 0 Å². The smallest absolute Gasteiger partial charge is 0.0696 e. The molecule has 0 aromatic carbocycles. The van der Waals surface area contributed by atoms with Crippen LogP contribution in [0.5, 0.6) is 0 Å². The molecule has 0 radical (unpaired) electrons. The highest BCUT2D eigenvalue weighted by Crippen LogP contribution is 2.16. The van der Waals surface area contributed by atoms with Gasteiger partial charge in [-0.1, -0.05) is 0 Å². The Morgan fingerprint density at radius 2 is 1.80 bits per heavy atom. The van der Waals surface area contributed by atoms with Crippen molar-refractivity contribution in [2.75, 3.05) is 20.2 Å². The topological polar surface area (TPSA) is 41.5 Å². The summed E-state index contributed by atoms with van der Waals surface area (Å²) in [6.07, 6.45) is 6.35. The number of aliphatic hydroxyl groups is 1. The minimum Gasteiger partial charge on any atom is -0.393 e. The summed E-state index contributed by atoms with van der Waals surface area (Å²) in [5.41, 5.74) is 0. The Morgan fingerprint density at radius 3 is 2.00 bits per heavy atom. The number of methoxy groups -OCH3 is 1. The van der Waals surface area contributed by atoms with Crippen molar-refractivity contribution >= 4 is 0 Å². The van der Waals surface area contributed by atoms with Crippen molar-refractivity contribution in [3.63, 3.8) is 0 Å².